The number of carbonyl (C=O) groups is 3. The number of ether oxygens (including phenoxy) is 1. The van der Waals surface area contributed by atoms with Crippen LogP contribution in [-0.4, -0.2) is 76.1 Å². The number of hydrogen-bond acceptors (Lipinski definition) is 9. The van der Waals surface area contributed by atoms with Gasteiger partial charge in [-0.2, -0.15) is 0 Å². The molecule has 6 N–H and O–H groups in total. The number of aliphatic hydroxyl groups excluding tert-OH is 2. The molecule has 1 saturated carbocycles. The van der Waals surface area contributed by atoms with Crippen molar-refractivity contribution in [3.8, 4) is 5.75 Å². The van der Waals surface area contributed by atoms with E-state index in [0.717, 1.165) is 12.8 Å². The Kier molecular flexibility index (Phi) is 6.85. The molecular weight excluding hydrogens is 538 g/mol. The van der Waals surface area contributed by atoms with Crippen LogP contribution in [0.15, 0.2) is 28.7 Å². The van der Waals surface area contributed by atoms with Crippen LogP contribution in [0.1, 0.15) is 54.6 Å². The number of amides is 1. The Labute approximate surface area is 237 Å². The number of fused-ring (bicyclic) bond motifs is 3. The Morgan fingerprint density at radius 2 is 1.90 bits per heavy atom. The largest absolute Gasteiger partial charge is 0.510 e. The molecule has 1 aromatic rings. The number of likely N-dealkylation sites (N-methyl/N-ethyl adjacent to an activating group) is 1. The maximum atomic E-state index is 13.9. The lowest BCUT2D eigenvalue weighted by atomic mass is 9.58. The van der Waals surface area contributed by atoms with Crippen molar-refractivity contribution >= 4 is 29.1 Å². The second kappa shape index (κ2) is 9.58. The fourth-order valence-corrected chi connectivity index (χ4v) is 7.37. The second-order valence-corrected chi connectivity index (χ2v) is 12.6. The number of nitrogens with zero attached hydrogens (tertiary/aromatic N) is 1. The van der Waals surface area contributed by atoms with Gasteiger partial charge in [0.2, 0.25) is 5.78 Å². The smallest absolute Gasteiger partial charge is 0.255 e. The number of aromatic hydroxyl groups is 1. The van der Waals surface area contributed by atoms with E-state index in [2.05, 4.69) is 19.2 Å². The number of hydrogen-bond donors (Lipinski definition) is 5. The average molecular weight is 574 g/mol. The number of ketones is 2. The predicted molar refractivity (Wildman–Crippen MR) is 147 cm³/mol. The zero-order valence-electron chi connectivity index (χ0n) is 23.3. The highest BCUT2D eigenvalue weighted by Gasteiger charge is 2.64. The van der Waals surface area contributed by atoms with Crippen LogP contribution in [-0.2, 0) is 27.3 Å². The lowest BCUT2D eigenvalue weighted by Gasteiger charge is -2.51. The van der Waals surface area contributed by atoms with Crippen molar-refractivity contribution in [3.63, 3.8) is 0 Å². The fourth-order valence-electron chi connectivity index (χ4n) is 7.07. The van der Waals surface area contributed by atoms with E-state index in [0.29, 0.717) is 28.6 Å². The summed E-state index contributed by atoms with van der Waals surface area (Å²) in [5.41, 5.74) is 3.59. The van der Waals surface area contributed by atoms with Gasteiger partial charge in [-0.25, -0.2) is 0 Å². The number of primary amides is 1. The fraction of sp³-hybridized carbons (Fsp3) is 0.552. The summed E-state index contributed by atoms with van der Waals surface area (Å²) < 4.78 is 5.68. The zero-order chi connectivity index (χ0) is 29.5. The number of benzene rings is 1. The van der Waals surface area contributed by atoms with Crippen LogP contribution in [0.4, 0.5) is 0 Å². The first-order chi connectivity index (χ1) is 18.7. The van der Waals surface area contributed by atoms with Crippen molar-refractivity contribution < 1.29 is 34.4 Å². The van der Waals surface area contributed by atoms with Gasteiger partial charge in [0.15, 0.2) is 11.4 Å². The third-order valence-corrected chi connectivity index (χ3v) is 9.82. The summed E-state index contributed by atoms with van der Waals surface area (Å²) in [6.45, 7) is 4.66. The SMILES string of the molecule is CO[C@@]12C(=O)C(C(N)=O)=C(O)[C@@H](N(C)C)[C@@H]1C[C@@H]1Cc3c(Cl)c(CNC(C)(C)C4CC4)cc(O)c3C(=O)C1=C2O. The van der Waals surface area contributed by atoms with E-state index >= 15 is 0 Å². The number of nitrogens with one attached hydrogen (secondary N) is 1. The number of methoxy groups -OCH3 is 1. The van der Waals surface area contributed by atoms with E-state index < -0.39 is 58.0 Å². The number of rotatable bonds is 7. The monoisotopic (exact) mass is 573 g/mol. The standard InChI is InChI=1S/C29H36ClN3O7/c1-28(2,14-6-7-14)32-11-13-10-17(34)19-15(21(13)30)8-12-9-16-22(33(3)4)24(36)20(27(31)39)26(38)29(16,40-5)25(37)18(12)23(19)35/h10,12,14,16,22,32,34,36-37H,6-9,11H2,1-5H3,(H2,31,39)/t12-,16-,22-,29-/m0/s1. The number of nitrogens with two attached hydrogens (primary N) is 1. The third kappa shape index (κ3) is 3.99. The Bertz CT molecular complexity index is 1390. The number of Topliss-reactive ketones (excluding diaryl/α,β-unsaturated/α-hetero) is 2. The maximum absolute atomic E-state index is 13.9. The van der Waals surface area contributed by atoms with Crippen LogP contribution in [0.5, 0.6) is 5.75 Å². The summed E-state index contributed by atoms with van der Waals surface area (Å²) in [6.07, 6.45) is 2.68. The van der Waals surface area contributed by atoms with E-state index in [-0.39, 0.29) is 35.3 Å². The summed E-state index contributed by atoms with van der Waals surface area (Å²) in [5, 5.41) is 37.6. The van der Waals surface area contributed by atoms with Crippen LogP contribution in [0.2, 0.25) is 5.02 Å². The second-order valence-electron chi connectivity index (χ2n) is 12.2. The van der Waals surface area contributed by atoms with Gasteiger partial charge in [-0.1, -0.05) is 11.6 Å². The number of phenols is 1. The summed E-state index contributed by atoms with van der Waals surface area (Å²) in [5.74, 6) is -5.12. The highest BCUT2D eigenvalue weighted by atomic mass is 35.5. The molecule has 0 saturated heterocycles. The Hall–Kier alpha value is -2.92. The molecule has 5 rings (SSSR count). The topological polar surface area (TPSA) is 162 Å². The van der Waals surface area contributed by atoms with E-state index in [9.17, 15) is 29.7 Å². The maximum Gasteiger partial charge on any atom is 0.255 e. The zero-order valence-corrected chi connectivity index (χ0v) is 24.1. The highest BCUT2D eigenvalue weighted by Crippen LogP contribution is 2.54. The first-order valence-corrected chi connectivity index (χ1v) is 13.8. The van der Waals surface area contributed by atoms with Crippen molar-refractivity contribution in [3.05, 3.63) is 50.4 Å². The van der Waals surface area contributed by atoms with Crippen LogP contribution < -0.4 is 11.1 Å². The Balaban J connectivity index is 1.62. The van der Waals surface area contributed by atoms with E-state index in [1.807, 2.05) is 0 Å². The molecule has 1 fully saturated rings. The van der Waals surface area contributed by atoms with Gasteiger partial charge >= 0.3 is 0 Å². The molecule has 0 unspecified atom stereocenters. The van der Waals surface area contributed by atoms with E-state index in [1.165, 1.54) is 13.2 Å². The minimum Gasteiger partial charge on any atom is -0.510 e. The molecule has 216 valence electrons. The van der Waals surface area contributed by atoms with Gasteiger partial charge in [0.1, 0.15) is 22.8 Å². The number of allylic oxidation sites excluding steroid dienone is 1. The van der Waals surface area contributed by atoms with Crippen LogP contribution >= 0.6 is 11.6 Å². The molecule has 4 atom stereocenters. The van der Waals surface area contributed by atoms with Crippen LogP contribution in [0, 0.1) is 17.8 Å². The van der Waals surface area contributed by atoms with Crippen molar-refractivity contribution in [1.82, 2.24) is 10.2 Å². The Morgan fingerprint density at radius 1 is 1.25 bits per heavy atom. The molecule has 1 amide bonds. The molecule has 0 spiro atoms. The van der Waals surface area contributed by atoms with E-state index in [1.54, 1.807) is 19.0 Å². The number of aliphatic hydroxyl groups is 2. The normalized spacial score (nSPS) is 28.5. The molecule has 0 aromatic heterocycles. The van der Waals surface area contributed by atoms with Crippen molar-refractivity contribution in [2.75, 3.05) is 21.2 Å². The highest BCUT2D eigenvalue weighted by molar-refractivity contribution is 6.33. The summed E-state index contributed by atoms with van der Waals surface area (Å²) in [7, 11) is 4.52. The molecule has 11 heteroatoms. The quantitative estimate of drug-likeness (QED) is 0.309. The summed E-state index contributed by atoms with van der Waals surface area (Å²) in [4.78, 5) is 41.5. The van der Waals surface area contributed by atoms with Gasteiger partial charge in [0.25, 0.3) is 5.91 Å². The number of phenolic OH excluding ortho intramolecular Hbond substituents is 1. The summed E-state index contributed by atoms with van der Waals surface area (Å²) in [6, 6.07) is 0.550. The molecule has 4 aliphatic rings. The molecule has 4 aliphatic carbocycles. The van der Waals surface area contributed by atoms with Crippen LogP contribution in [0.3, 0.4) is 0 Å². The number of halogens is 1. The lowest BCUT2D eigenvalue weighted by molar-refractivity contribution is -0.154. The molecule has 10 nitrogen and oxygen atoms in total. The van der Waals surface area contributed by atoms with Gasteiger partial charge in [-0.05, 0) is 82.7 Å². The molecule has 0 radical (unpaired) electrons. The van der Waals surface area contributed by atoms with Crippen molar-refractivity contribution in [1.29, 1.82) is 0 Å². The van der Waals surface area contributed by atoms with E-state index in [4.69, 9.17) is 22.1 Å². The molecule has 0 heterocycles. The van der Waals surface area contributed by atoms with Gasteiger partial charge in [-0.3, -0.25) is 19.3 Å². The Morgan fingerprint density at radius 3 is 2.45 bits per heavy atom. The molecule has 0 aliphatic heterocycles. The van der Waals surface area contributed by atoms with Crippen molar-refractivity contribution in [2.45, 2.75) is 63.3 Å². The van der Waals surface area contributed by atoms with Crippen molar-refractivity contribution in [2.24, 2.45) is 23.5 Å². The molecule has 0 bridgehead atoms. The van der Waals surface area contributed by atoms with Crippen LogP contribution in [0.25, 0.3) is 0 Å². The van der Waals surface area contributed by atoms with Gasteiger partial charge < -0.3 is 31.1 Å². The number of carbonyl (C=O) groups excluding carboxylic acids is 3. The minimum atomic E-state index is -2.12. The molecule has 40 heavy (non-hydrogen) atoms. The first-order valence-electron chi connectivity index (χ1n) is 13.4. The summed E-state index contributed by atoms with van der Waals surface area (Å²) >= 11 is 6.86. The van der Waals surface area contributed by atoms with Gasteiger partial charge in [0.05, 0.1) is 11.6 Å². The predicted octanol–water partition coefficient (Wildman–Crippen LogP) is 2.71. The molecule has 1 aromatic carbocycles. The van der Waals surface area contributed by atoms with Gasteiger partial charge in [-0.15, -0.1) is 0 Å². The first kappa shape index (κ1) is 28.6. The third-order valence-electron chi connectivity index (χ3n) is 9.35. The molecular formula is C29H36ClN3O7. The lowest BCUT2D eigenvalue weighted by Crippen LogP contribution is -2.64. The van der Waals surface area contributed by atoms with Gasteiger partial charge in [0, 0.05) is 35.7 Å². The average Bonchev–Trinajstić information content (AvgIpc) is 3.71. The minimum absolute atomic E-state index is 0.0290.